The van der Waals surface area contributed by atoms with E-state index in [-0.39, 0.29) is 0 Å². The van der Waals surface area contributed by atoms with E-state index in [4.69, 9.17) is 10.5 Å². The highest BCUT2D eigenvalue weighted by molar-refractivity contribution is 8.01. The number of para-hydroxylation sites is 1. The van der Waals surface area contributed by atoms with Crippen molar-refractivity contribution in [1.82, 2.24) is 4.98 Å². The molecule has 5 heteroatoms. The van der Waals surface area contributed by atoms with Gasteiger partial charge in [-0.1, -0.05) is 30.8 Å². The van der Waals surface area contributed by atoms with Crippen LogP contribution in [-0.4, -0.2) is 11.6 Å². The summed E-state index contributed by atoms with van der Waals surface area (Å²) in [5.74, 6) is 0.753. The number of hydrogen-bond donors (Lipinski definition) is 1. The topological polar surface area (TPSA) is 48.1 Å². The van der Waals surface area contributed by atoms with E-state index in [9.17, 15) is 0 Å². The molecule has 0 bridgehead atoms. The Bertz CT molecular complexity index is 722. The van der Waals surface area contributed by atoms with Crippen molar-refractivity contribution >= 4 is 39.0 Å². The summed E-state index contributed by atoms with van der Waals surface area (Å²) in [7, 11) is 0. The average Bonchev–Trinajstić information content (AvgIpc) is 2.90. The maximum atomic E-state index is 5.94. The Morgan fingerprint density at radius 3 is 2.90 bits per heavy atom. The molecule has 0 atom stereocenters. The molecule has 0 fully saturated rings. The Morgan fingerprint density at radius 2 is 2.10 bits per heavy atom. The summed E-state index contributed by atoms with van der Waals surface area (Å²) in [6, 6.07) is 14.1. The second kappa shape index (κ2) is 6.37. The van der Waals surface area contributed by atoms with E-state index >= 15 is 0 Å². The third kappa shape index (κ3) is 3.31. The van der Waals surface area contributed by atoms with Gasteiger partial charge in [0.1, 0.15) is 5.75 Å². The highest BCUT2D eigenvalue weighted by Crippen LogP contribution is 2.36. The maximum absolute atomic E-state index is 5.94. The summed E-state index contributed by atoms with van der Waals surface area (Å²) >= 11 is 3.34. The predicted octanol–water partition coefficient (Wildman–Crippen LogP) is 4.82. The lowest BCUT2D eigenvalue weighted by Gasteiger charge is -2.09. The van der Waals surface area contributed by atoms with Gasteiger partial charge in [-0.25, -0.2) is 4.98 Å². The van der Waals surface area contributed by atoms with E-state index in [1.165, 1.54) is 4.70 Å². The standard InChI is InChI=1S/C16H16N2OS2/c1-2-9-19-14-10-11(7-8-12(14)17)20-16-18-13-5-3-4-6-15(13)21-16/h3-8,10H,2,9,17H2,1H3. The Kier molecular flexibility index (Phi) is 4.31. The number of nitrogen functional groups attached to an aromatic ring is 1. The van der Waals surface area contributed by atoms with E-state index in [0.29, 0.717) is 12.3 Å². The van der Waals surface area contributed by atoms with E-state index in [1.807, 2.05) is 36.4 Å². The van der Waals surface area contributed by atoms with Crippen LogP contribution in [-0.2, 0) is 0 Å². The van der Waals surface area contributed by atoms with Crippen molar-refractivity contribution in [3.63, 3.8) is 0 Å². The molecule has 0 saturated carbocycles. The van der Waals surface area contributed by atoms with E-state index < -0.39 is 0 Å². The van der Waals surface area contributed by atoms with Crippen molar-refractivity contribution in [3.05, 3.63) is 42.5 Å². The first-order valence-electron chi connectivity index (χ1n) is 6.82. The molecule has 0 radical (unpaired) electrons. The predicted molar refractivity (Wildman–Crippen MR) is 90.4 cm³/mol. The molecule has 1 heterocycles. The molecule has 21 heavy (non-hydrogen) atoms. The minimum Gasteiger partial charge on any atom is -0.491 e. The van der Waals surface area contributed by atoms with Gasteiger partial charge in [-0.2, -0.15) is 0 Å². The fourth-order valence-electron chi connectivity index (χ4n) is 1.91. The van der Waals surface area contributed by atoms with Gasteiger partial charge in [0.15, 0.2) is 4.34 Å². The van der Waals surface area contributed by atoms with Gasteiger partial charge in [-0.15, -0.1) is 11.3 Å². The Labute approximate surface area is 132 Å². The monoisotopic (exact) mass is 316 g/mol. The lowest BCUT2D eigenvalue weighted by molar-refractivity contribution is 0.318. The minimum atomic E-state index is 0.678. The Hall–Kier alpha value is -1.72. The summed E-state index contributed by atoms with van der Waals surface area (Å²) < 4.78 is 7.90. The first-order valence-corrected chi connectivity index (χ1v) is 8.45. The number of fused-ring (bicyclic) bond motifs is 1. The van der Waals surface area contributed by atoms with Crippen LogP contribution in [0.4, 0.5) is 5.69 Å². The Morgan fingerprint density at radius 1 is 1.24 bits per heavy atom. The average molecular weight is 316 g/mol. The number of hydrogen-bond acceptors (Lipinski definition) is 5. The molecule has 0 unspecified atom stereocenters. The zero-order valence-corrected chi connectivity index (χ0v) is 13.3. The van der Waals surface area contributed by atoms with Crippen molar-refractivity contribution in [2.75, 3.05) is 12.3 Å². The number of ether oxygens (including phenoxy) is 1. The molecule has 0 spiro atoms. The van der Waals surface area contributed by atoms with Crippen LogP contribution in [0, 0.1) is 0 Å². The van der Waals surface area contributed by atoms with Crippen LogP contribution in [0.3, 0.4) is 0 Å². The summed E-state index contributed by atoms with van der Waals surface area (Å²) in [6.45, 7) is 2.76. The lowest BCUT2D eigenvalue weighted by atomic mass is 10.3. The van der Waals surface area contributed by atoms with Gasteiger partial charge in [0, 0.05) is 4.90 Å². The lowest BCUT2D eigenvalue weighted by Crippen LogP contribution is -1.98. The quantitative estimate of drug-likeness (QED) is 0.686. The molecule has 0 aliphatic carbocycles. The zero-order chi connectivity index (χ0) is 14.7. The third-order valence-electron chi connectivity index (χ3n) is 2.93. The molecular weight excluding hydrogens is 300 g/mol. The molecule has 2 aromatic carbocycles. The number of nitrogens with zero attached hydrogens (tertiary/aromatic N) is 1. The smallest absolute Gasteiger partial charge is 0.155 e. The van der Waals surface area contributed by atoms with Crippen molar-refractivity contribution in [2.45, 2.75) is 22.6 Å². The largest absolute Gasteiger partial charge is 0.491 e. The number of aromatic nitrogens is 1. The molecule has 0 aliphatic rings. The fraction of sp³-hybridized carbons (Fsp3) is 0.188. The highest BCUT2D eigenvalue weighted by Gasteiger charge is 2.08. The van der Waals surface area contributed by atoms with E-state index in [0.717, 1.165) is 26.9 Å². The second-order valence-electron chi connectivity index (χ2n) is 4.60. The van der Waals surface area contributed by atoms with Crippen LogP contribution in [0.1, 0.15) is 13.3 Å². The molecule has 0 aliphatic heterocycles. The highest BCUT2D eigenvalue weighted by atomic mass is 32.2. The Balaban J connectivity index is 1.83. The molecule has 3 rings (SSSR count). The summed E-state index contributed by atoms with van der Waals surface area (Å²) in [5.41, 5.74) is 7.66. The first-order chi connectivity index (χ1) is 10.3. The van der Waals surface area contributed by atoms with Gasteiger partial charge in [0.05, 0.1) is 22.5 Å². The summed E-state index contributed by atoms with van der Waals surface area (Å²) in [5, 5.41) is 0. The molecule has 0 amide bonds. The maximum Gasteiger partial charge on any atom is 0.155 e. The van der Waals surface area contributed by atoms with E-state index in [1.54, 1.807) is 23.1 Å². The SMILES string of the molecule is CCCOc1cc(Sc2nc3ccccc3s2)ccc1N. The van der Waals surface area contributed by atoms with Gasteiger partial charge in [0.25, 0.3) is 0 Å². The summed E-state index contributed by atoms with van der Waals surface area (Å²) in [6.07, 6.45) is 0.967. The number of rotatable bonds is 5. The van der Waals surface area contributed by atoms with Gasteiger partial charge >= 0.3 is 0 Å². The number of benzene rings is 2. The van der Waals surface area contributed by atoms with Crippen LogP contribution in [0.2, 0.25) is 0 Å². The van der Waals surface area contributed by atoms with E-state index in [2.05, 4.69) is 18.0 Å². The van der Waals surface area contributed by atoms with Crippen molar-refractivity contribution in [1.29, 1.82) is 0 Å². The molecule has 0 saturated heterocycles. The first kappa shape index (κ1) is 14.2. The molecule has 2 N–H and O–H groups in total. The van der Waals surface area contributed by atoms with Crippen LogP contribution in [0.25, 0.3) is 10.2 Å². The van der Waals surface area contributed by atoms with Crippen LogP contribution in [0.5, 0.6) is 5.75 Å². The second-order valence-corrected chi connectivity index (χ2v) is 6.95. The van der Waals surface area contributed by atoms with Crippen molar-refractivity contribution < 1.29 is 4.74 Å². The summed E-state index contributed by atoms with van der Waals surface area (Å²) in [4.78, 5) is 5.72. The van der Waals surface area contributed by atoms with Crippen molar-refractivity contribution in [3.8, 4) is 5.75 Å². The minimum absolute atomic E-state index is 0.678. The van der Waals surface area contributed by atoms with Gasteiger partial charge < -0.3 is 10.5 Å². The fourth-order valence-corrected chi connectivity index (χ4v) is 3.98. The molecule has 108 valence electrons. The van der Waals surface area contributed by atoms with Crippen LogP contribution >= 0.6 is 23.1 Å². The molecule has 3 nitrogen and oxygen atoms in total. The number of nitrogens with two attached hydrogens (primary N) is 1. The van der Waals surface area contributed by atoms with Gasteiger partial charge in [-0.05, 0) is 36.8 Å². The van der Waals surface area contributed by atoms with Gasteiger partial charge in [-0.3, -0.25) is 0 Å². The van der Waals surface area contributed by atoms with Crippen LogP contribution < -0.4 is 10.5 Å². The van der Waals surface area contributed by atoms with Crippen molar-refractivity contribution in [2.24, 2.45) is 0 Å². The third-order valence-corrected chi connectivity index (χ3v) is 5.01. The zero-order valence-electron chi connectivity index (χ0n) is 11.7. The normalized spacial score (nSPS) is 10.9. The van der Waals surface area contributed by atoms with Gasteiger partial charge in [0.2, 0.25) is 0 Å². The molecule has 1 aromatic heterocycles. The number of thiazole rings is 1. The molecular formula is C16H16N2OS2. The molecule has 3 aromatic rings. The van der Waals surface area contributed by atoms with Crippen LogP contribution in [0.15, 0.2) is 51.7 Å². The number of anilines is 1.